The van der Waals surface area contributed by atoms with Crippen molar-refractivity contribution in [2.24, 2.45) is 0 Å². The van der Waals surface area contributed by atoms with Gasteiger partial charge in [-0.05, 0) is 70.7 Å². The second-order valence-corrected chi connectivity index (χ2v) is 10.2. The second kappa shape index (κ2) is 8.37. The number of pyridine rings is 1. The third-order valence-corrected chi connectivity index (χ3v) is 7.59. The molecular weight excluding hydrogens is 564 g/mol. The summed E-state index contributed by atoms with van der Waals surface area (Å²) in [5.74, 6) is -3.50. The highest BCUT2D eigenvalue weighted by Gasteiger charge is 2.52. The van der Waals surface area contributed by atoms with E-state index in [1.807, 2.05) is 17.0 Å². The molecule has 0 amide bonds. The van der Waals surface area contributed by atoms with Gasteiger partial charge < -0.3 is 14.8 Å². The number of nitrogens with one attached hydrogen (secondary N) is 1. The van der Waals surface area contributed by atoms with Gasteiger partial charge in [-0.2, -0.15) is 13.2 Å². The molecule has 1 aliphatic heterocycles. The number of alkyl halides is 3. The van der Waals surface area contributed by atoms with E-state index in [-0.39, 0.29) is 27.7 Å². The fourth-order valence-corrected chi connectivity index (χ4v) is 5.50. The number of nitrogens with zero attached hydrogens (tertiary/aromatic N) is 4. The van der Waals surface area contributed by atoms with Gasteiger partial charge in [0.05, 0.1) is 26.6 Å². The van der Waals surface area contributed by atoms with Gasteiger partial charge in [0.1, 0.15) is 5.82 Å². The summed E-state index contributed by atoms with van der Waals surface area (Å²) in [7, 11) is 0. The zero-order valence-electron chi connectivity index (χ0n) is 19.0. The molecule has 2 aliphatic rings. The van der Waals surface area contributed by atoms with E-state index in [1.54, 1.807) is 6.20 Å². The van der Waals surface area contributed by atoms with Crippen molar-refractivity contribution in [1.82, 2.24) is 15.0 Å². The number of anilines is 2. The van der Waals surface area contributed by atoms with Gasteiger partial charge in [0, 0.05) is 31.4 Å². The Balaban J connectivity index is 1.43. The number of hydrogen-bond donors (Lipinski definition) is 1. The summed E-state index contributed by atoms with van der Waals surface area (Å²) in [5.41, 5.74) is -1.50. The fraction of sp³-hybridized carbons (Fsp3) is 0.280. The van der Waals surface area contributed by atoms with E-state index in [2.05, 4.69) is 35.8 Å². The van der Waals surface area contributed by atoms with Gasteiger partial charge in [-0.3, -0.25) is 0 Å². The molecule has 192 valence electrons. The first-order chi connectivity index (χ1) is 17.6. The van der Waals surface area contributed by atoms with Crippen LogP contribution in [0.5, 0.6) is 0 Å². The van der Waals surface area contributed by atoms with Crippen LogP contribution in [0.25, 0.3) is 22.2 Å². The molecule has 1 spiro atoms. The molecule has 2 fully saturated rings. The monoisotopic (exact) mass is 581 g/mol. The molecule has 2 aromatic heterocycles. The number of benzene rings is 2. The van der Waals surface area contributed by atoms with Crippen LogP contribution < -0.4 is 9.80 Å². The maximum absolute atomic E-state index is 14.0. The summed E-state index contributed by atoms with van der Waals surface area (Å²) in [4.78, 5) is 16.3. The Morgan fingerprint density at radius 1 is 1.00 bits per heavy atom. The van der Waals surface area contributed by atoms with Gasteiger partial charge in [0.2, 0.25) is 5.95 Å². The largest absolute Gasteiger partial charge is 0.416 e. The van der Waals surface area contributed by atoms with Crippen molar-refractivity contribution in [3.05, 3.63) is 70.1 Å². The third kappa shape index (κ3) is 4.11. The number of aromatic nitrogens is 3. The van der Waals surface area contributed by atoms with Crippen molar-refractivity contribution >= 4 is 38.7 Å². The number of H-pyrrole nitrogens is 1. The number of imidazole rings is 1. The van der Waals surface area contributed by atoms with Crippen molar-refractivity contribution in [3.8, 4) is 11.1 Å². The second-order valence-electron chi connectivity index (χ2n) is 9.34. The molecule has 2 aromatic carbocycles. The van der Waals surface area contributed by atoms with E-state index in [0.717, 1.165) is 35.3 Å². The summed E-state index contributed by atoms with van der Waals surface area (Å²) in [6.45, 7) is 1.78. The van der Waals surface area contributed by atoms with Crippen LogP contribution >= 0.6 is 15.9 Å². The normalized spacial score (nSPS) is 17.2. The maximum Gasteiger partial charge on any atom is 0.416 e. The quantitative estimate of drug-likeness (QED) is 0.216. The van der Waals surface area contributed by atoms with Gasteiger partial charge in [0.25, 0.3) is 0 Å². The van der Waals surface area contributed by atoms with Crippen molar-refractivity contribution < 1.29 is 26.3 Å². The van der Waals surface area contributed by atoms with Crippen LogP contribution in [0.2, 0.25) is 0 Å². The summed E-state index contributed by atoms with van der Waals surface area (Å²) >= 11 is 3.54. The number of piperazine rings is 1. The average molecular weight is 582 g/mol. The van der Waals surface area contributed by atoms with Crippen LogP contribution in [0.3, 0.4) is 0 Å². The first kappa shape index (κ1) is 24.1. The fourth-order valence-electron chi connectivity index (χ4n) is 5.00. The number of hydrogen-bond acceptors (Lipinski definition) is 4. The van der Waals surface area contributed by atoms with Gasteiger partial charge in [-0.15, -0.1) is 0 Å². The highest BCUT2D eigenvalue weighted by Crippen LogP contribution is 2.48. The number of rotatable bonds is 3. The van der Waals surface area contributed by atoms with E-state index >= 15 is 0 Å². The van der Waals surface area contributed by atoms with Crippen LogP contribution in [0.4, 0.5) is 38.1 Å². The standard InChI is InChI=1S/C25H18BrF6N5/c26-16-2-1-5-33-22(16)36-6-7-37(24(12-36)3-4-24)23-34-19-11-14(25(30,31)32)10-15(21(19)35-23)13-8-17(27)20(29)18(28)9-13/h1-2,5,8-11H,3-4,6-7,12H2,(H,34,35). The summed E-state index contributed by atoms with van der Waals surface area (Å²) in [5, 5.41) is 0. The van der Waals surface area contributed by atoms with Gasteiger partial charge >= 0.3 is 6.18 Å². The Morgan fingerprint density at radius 2 is 1.73 bits per heavy atom. The molecule has 1 saturated carbocycles. The summed E-state index contributed by atoms with van der Waals surface area (Å²) < 4.78 is 83.5. The third-order valence-electron chi connectivity index (χ3n) is 6.97. The van der Waals surface area contributed by atoms with Crippen molar-refractivity contribution in [2.75, 3.05) is 29.4 Å². The molecule has 5 nitrogen and oxygen atoms in total. The van der Waals surface area contributed by atoms with Gasteiger partial charge in [-0.1, -0.05) is 0 Å². The van der Waals surface area contributed by atoms with E-state index in [0.29, 0.717) is 37.7 Å². The molecule has 0 bridgehead atoms. The Kier molecular flexibility index (Phi) is 5.45. The zero-order valence-corrected chi connectivity index (χ0v) is 20.6. The van der Waals surface area contributed by atoms with Gasteiger partial charge in [0.15, 0.2) is 17.5 Å². The smallest absolute Gasteiger partial charge is 0.352 e. The maximum atomic E-state index is 14.0. The van der Waals surface area contributed by atoms with Crippen molar-refractivity contribution in [1.29, 1.82) is 0 Å². The summed E-state index contributed by atoms with van der Waals surface area (Å²) in [6, 6.07) is 6.79. The molecule has 1 N–H and O–H groups in total. The highest BCUT2D eigenvalue weighted by atomic mass is 79.9. The molecule has 1 saturated heterocycles. The van der Waals surface area contributed by atoms with E-state index < -0.39 is 29.2 Å². The molecule has 6 rings (SSSR count). The molecule has 12 heteroatoms. The first-order valence-electron chi connectivity index (χ1n) is 11.4. The van der Waals surface area contributed by atoms with Gasteiger partial charge in [-0.25, -0.2) is 23.1 Å². The van der Waals surface area contributed by atoms with Crippen LogP contribution in [-0.2, 0) is 6.18 Å². The number of halogens is 7. The molecule has 0 radical (unpaired) electrons. The van der Waals surface area contributed by atoms with E-state index in [9.17, 15) is 26.3 Å². The predicted octanol–water partition coefficient (Wildman–Crippen LogP) is 6.68. The first-order valence-corrected chi connectivity index (χ1v) is 12.2. The van der Waals surface area contributed by atoms with E-state index in [1.165, 1.54) is 0 Å². The molecule has 37 heavy (non-hydrogen) atoms. The number of aromatic amines is 1. The zero-order chi connectivity index (χ0) is 26.1. The van der Waals surface area contributed by atoms with Crippen LogP contribution in [0.1, 0.15) is 18.4 Å². The van der Waals surface area contributed by atoms with E-state index in [4.69, 9.17) is 0 Å². The number of fused-ring (bicyclic) bond motifs is 1. The Hall–Kier alpha value is -3.28. The van der Waals surface area contributed by atoms with Crippen molar-refractivity contribution in [2.45, 2.75) is 24.6 Å². The SMILES string of the molecule is Fc1cc(-c2cc(C(F)(F)F)cc3[nH]c(N4CCN(c5ncccc5Br)CC45CC5)nc23)cc(F)c1F. The molecule has 0 unspecified atom stereocenters. The molecule has 1 aliphatic carbocycles. The predicted molar refractivity (Wildman–Crippen MR) is 130 cm³/mol. The van der Waals surface area contributed by atoms with Crippen LogP contribution in [-0.4, -0.2) is 40.1 Å². The van der Waals surface area contributed by atoms with Crippen LogP contribution in [0.15, 0.2) is 47.1 Å². The Bertz CT molecular complexity index is 1510. The lowest BCUT2D eigenvalue weighted by Gasteiger charge is -2.42. The minimum Gasteiger partial charge on any atom is -0.352 e. The lowest BCUT2D eigenvalue weighted by Crippen LogP contribution is -2.56. The van der Waals surface area contributed by atoms with Crippen LogP contribution in [0, 0.1) is 17.5 Å². The lowest BCUT2D eigenvalue weighted by molar-refractivity contribution is -0.137. The Morgan fingerprint density at radius 3 is 2.38 bits per heavy atom. The minimum atomic E-state index is -4.72. The lowest BCUT2D eigenvalue weighted by atomic mass is 10.0. The molecule has 3 heterocycles. The summed E-state index contributed by atoms with van der Waals surface area (Å²) in [6.07, 6.45) is -1.28. The van der Waals surface area contributed by atoms with Crippen molar-refractivity contribution in [3.63, 3.8) is 0 Å². The highest BCUT2D eigenvalue weighted by molar-refractivity contribution is 9.10. The molecule has 0 atom stereocenters. The molecule has 4 aromatic rings. The Labute approximate surface area is 215 Å². The average Bonchev–Trinajstić information content (AvgIpc) is 3.46. The topological polar surface area (TPSA) is 48.1 Å². The minimum absolute atomic E-state index is 0.0654. The molecular formula is C25H18BrF6N5.